The predicted molar refractivity (Wildman–Crippen MR) is 71.7 cm³/mol. The van der Waals surface area contributed by atoms with Gasteiger partial charge in [-0.2, -0.15) is 0 Å². The number of amides is 1. The van der Waals surface area contributed by atoms with Crippen molar-refractivity contribution in [1.29, 1.82) is 0 Å². The Morgan fingerprint density at radius 1 is 1.44 bits per heavy atom. The minimum atomic E-state index is -0.189. The van der Waals surface area contributed by atoms with E-state index in [1.807, 2.05) is 21.0 Å². The van der Waals surface area contributed by atoms with Gasteiger partial charge in [0, 0.05) is 13.1 Å². The van der Waals surface area contributed by atoms with Crippen molar-refractivity contribution in [3.05, 3.63) is 18.1 Å². The van der Waals surface area contributed by atoms with Crippen LogP contribution in [-0.2, 0) is 0 Å². The summed E-state index contributed by atoms with van der Waals surface area (Å²) in [5, 5.41) is 5.76. The Kier molecular flexibility index (Phi) is 5.51. The van der Waals surface area contributed by atoms with E-state index in [1.54, 1.807) is 13.2 Å². The minimum Gasteiger partial charge on any atom is -0.372 e. The van der Waals surface area contributed by atoms with Gasteiger partial charge in [-0.3, -0.25) is 9.78 Å². The lowest BCUT2D eigenvalue weighted by molar-refractivity contribution is 0.0931. The Morgan fingerprint density at radius 3 is 2.78 bits per heavy atom. The standard InChI is InChI=1S/C12H21N5O/c1-9(5-6-17(3)4)15-12(18)10-7-14-8-11(13-2)16-10/h7-9H,5-6H2,1-4H3,(H,13,16)(H,15,18). The molecule has 0 spiro atoms. The monoisotopic (exact) mass is 251 g/mol. The van der Waals surface area contributed by atoms with Crippen molar-refractivity contribution in [2.45, 2.75) is 19.4 Å². The molecule has 1 unspecified atom stereocenters. The second-order valence-corrected chi connectivity index (χ2v) is 4.51. The molecule has 6 heteroatoms. The summed E-state index contributed by atoms with van der Waals surface area (Å²) in [6.45, 7) is 2.92. The highest BCUT2D eigenvalue weighted by molar-refractivity contribution is 5.92. The van der Waals surface area contributed by atoms with Crippen molar-refractivity contribution in [2.24, 2.45) is 0 Å². The molecule has 0 saturated heterocycles. The summed E-state index contributed by atoms with van der Waals surface area (Å²) >= 11 is 0. The molecule has 1 aromatic rings. The van der Waals surface area contributed by atoms with Crippen molar-refractivity contribution < 1.29 is 4.79 Å². The molecule has 1 rings (SSSR count). The van der Waals surface area contributed by atoms with E-state index in [0.717, 1.165) is 13.0 Å². The van der Waals surface area contributed by atoms with Gasteiger partial charge >= 0.3 is 0 Å². The molecular formula is C12H21N5O. The van der Waals surface area contributed by atoms with E-state index >= 15 is 0 Å². The van der Waals surface area contributed by atoms with E-state index in [-0.39, 0.29) is 11.9 Å². The van der Waals surface area contributed by atoms with E-state index < -0.39 is 0 Å². The third kappa shape index (κ3) is 4.67. The first-order valence-electron chi connectivity index (χ1n) is 5.98. The number of rotatable bonds is 6. The summed E-state index contributed by atoms with van der Waals surface area (Å²) in [6.07, 6.45) is 3.94. The van der Waals surface area contributed by atoms with Crippen LogP contribution in [0.25, 0.3) is 0 Å². The Morgan fingerprint density at radius 2 is 2.17 bits per heavy atom. The minimum absolute atomic E-state index is 0.111. The van der Waals surface area contributed by atoms with Gasteiger partial charge in [0.2, 0.25) is 0 Å². The van der Waals surface area contributed by atoms with E-state index in [9.17, 15) is 4.79 Å². The van der Waals surface area contributed by atoms with Crippen LogP contribution in [0.15, 0.2) is 12.4 Å². The van der Waals surface area contributed by atoms with Crippen LogP contribution in [0.5, 0.6) is 0 Å². The van der Waals surface area contributed by atoms with Crippen LogP contribution in [0, 0.1) is 0 Å². The van der Waals surface area contributed by atoms with Gasteiger partial charge in [-0.05, 0) is 34.0 Å². The van der Waals surface area contributed by atoms with Gasteiger partial charge in [-0.25, -0.2) is 4.98 Å². The zero-order valence-electron chi connectivity index (χ0n) is 11.4. The van der Waals surface area contributed by atoms with Crippen LogP contribution in [0.2, 0.25) is 0 Å². The number of carbonyl (C=O) groups is 1. The summed E-state index contributed by atoms with van der Waals surface area (Å²) in [5.41, 5.74) is 0.332. The lowest BCUT2D eigenvalue weighted by Crippen LogP contribution is -2.35. The molecule has 0 bridgehead atoms. The van der Waals surface area contributed by atoms with Gasteiger partial charge in [0.1, 0.15) is 11.5 Å². The van der Waals surface area contributed by atoms with Crippen LogP contribution in [-0.4, -0.2) is 54.5 Å². The lowest BCUT2D eigenvalue weighted by Gasteiger charge is -2.16. The maximum atomic E-state index is 11.9. The highest BCUT2D eigenvalue weighted by atomic mass is 16.1. The second-order valence-electron chi connectivity index (χ2n) is 4.51. The zero-order chi connectivity index (χ0) is 13.5. The molecule has 0 aromatic carbocycles. The van der Waals surface area contributed by atoms with Crippen LogP contribution in [0.1, 0.15) is 23.8 Å². The molecule has 0 aliphatic heterocycles. The van der Waals surface area contributed by atoms with Crippen molar-refractivity contribution in [3.8, 4) is 0 Å². The third-order valence-corrected chi connectivity index (χ3v) is 2.51. The average molecular weight is 251 g/mol. The van der Waals surface area contributed by atoms with E-state index in [4.69, 9.17) is 0 Å². The number of carbonyl (C=O) groups excluding carboxylic acids is 1. The van der Waals surface area contributed by atoms with Crippen LogP contribution in [0.3, 0.4) is 0 Å². The summed E-state index contributed by atoms with van der Waals surface area (Å²) in [6, 6.07) is 0.111. The SMILES string of the molecule is CNc1cncc(C(=O)NC(C)CCN(C)C)n1. The highest BCUT2D eigenvalue weighted by Crippen LogP contribution is 2.02. The first kappa shape index (κ1) is 14.4. The zero-order valence-corrected chi connectivity index (χ0v) is 11.4. The normalized spacial score (nSPS) is 12.3. The number of aromatic nitrogens is 2. The topological polar surface area (TPSA) is 70.2 Å². The first-order chi connectivity index (χ1) is 8.52. The van der Waals surface area contributed by atoms with Gasteiger partial charge in [-0.1, -0.05) is 0 Å². The molecule has 0 saturated carbocycles. The molecule has 0 fully saturated rings. The van der Waals surface area contributed by atoms with Crippen molar-refractivity contribution in [2.75, 3.05) is 33.0 Å². The van der Waals surface area contributed by atoms with E-state index in [1.165, 1.54) is 6.20 Å². The highest BCUT2D eigenvalue weighted by Gasteiger charge is 2.12. The quantitative estimate of drug-likeness (QED) is 0.774. The average Bonchev–Trinajstić information content (AvgIpc) is 2.36. The molecule has 0 radical (unpaired) electrons. The maximum absolute atomic E-state index is 11.9. The van der Waals surface area contributed by atoms with Gasteiger partial charge in [0.05, 0.1) is 12.4 Å². The number of nitrogens with zero attached hydrogens (tertiary/aromatic N) is 3. The van der Waals surface area contributed by atoms with Gasteiger partial charge < -0.3 is 15.5 Å². The Labute approximate surface area is 108 Å². The summed E-state index contributed by atoms with van der Waals surface area (Å²) in [7, 11) is 5.76. The first-order valence-corrected chi connectivity index (χ1v) is 5.98. The van der Waals surface area contributed by atoms with Crippen LogP contribution < -0.4 is 10.6 Å². The maximum Gasteiger partial charge on any atom is 0.271 e. The molecular weight excluding hydrogens is 230 g/mol. The smallest absolute Gasteiger partial charge is 0.271 e. The Hall–Kier alpha value is -1.69. The lowest BCUT2D eigenvalue weighted by atomic mass is 10.2. The number of hydrogen-bond acceptors (Lipinski definition) is 5. The predicted octanol–water partition coefficient (Wildman–Crippen LogP) is 0.588. The fourth-order valence-corrected chi connectivity index (χ4v) is 1.42. The summed E-state index contributed by atoms with van der Waals surface area (Å²) in [5.74, 6) is 0.398. The van der Waals surface area contributed by atoms with E-state index in [2.05, 4.69) is 25.5 Å². The molecule has 6 nitrogen and oxygen atoms in total. The molecule has 100 valence electrons. The van der Waals surface area contributed by atoms with E-state index in [0.29, 0.717) is 11.5 Å². The molecule has 18 heavy (non-hydrogen) atoms. The van der Waals surface area contributed by atoms with Crippen LogP contribution in [0.4, 0.5) is 5.82 Å². The van der Waals surface area contributed by atoms with Gasteiger partial charge in [-0.15, -0.1) is 0 Å². The summed E-state index contributed by atoms with van der Waals surface area (Å²) in [4.78, 5) is 22.1. The van der Waals surface area contributed by atoms with Gasteiger partial charge in [0.25, 0.3) is 5.91 Å². The molecule has 0 aliphatic rings. The third-order valence-electron chi connectivity index (χ3n) is 2.51. The van der Waals surface area contributed by atoms with Crippen molar-refractivity contribution in [1.82, 2.24) is 20.2 Å². The number of nitrogens with one attached hydrogen (secondary N) is 2. The molecule has 1 aromatic heterocycles. The van der Waals surface area contributed by atoms with Gasteiger partial charge in [0.15, 0.2) is 0 Å². The fourth-order valence-electron chi connectivity index (χ4n) is 1.42. The number of hydrogen-bond donors (Lipinski definition) is 2. The van der Waals surface area contributed by atoms with Crippen molar-refractivity contribution >= 4 is 11.7 Å². The largest absolute Gasteiger partial charge is 0.372 e. The fraction of sp³-hybridized carbons (Fsp3) is 0.583. The molecule has 1 atom stereocenters. The number of anilines is 1. The molecule has 0 aliphatic carbocycles. The van der Waals surface area contributed by atoms with Crippen molar-refractivity contribution in [3.63, 3.8) is 0 Å². The van der Waals surface area contributed by atoms with Crippen LogP contribution >= 0.6 is 0 Å². The molecule has 1 heterocycles. The second kappa shape index (κ2) is 6.90. The molecule has 2 N–H and O–H groups in total. The molecule has 1 amide bonds. The summed E-state index contributed by atoms with van der Waals surface area (Å²) < 4.78 is 0. The Balaban J connectivity index is 2.53. The Bertz CT molecular complexity index is 394.